The molecule has 1 aromatic carbocycles. The van der Waals surface area contributed by atoms with Gasteiger partial charge in [-0.3, -0.25) is 0 Å². The van der Waals surface area contributed by atoms with E-state index < -0.39 is 0 Å². The number of nitrogens with zero attached hydrogens (tertiary/aromatic N) is 1. The van der Waals surface area contributed by atoms with Crippen LogP contribution < -0.4 is 10.6 Å². The van der Waals surface area contributed by atoms with Gasteiger partial charge < -0.3 is 15.4 Å². The fourth-order valence-corrected chi connectivity index (χ4v) is 2.40. The average molecular weight is 303 g/mol. The lowest BCUT2D eigenvalue weighted by molar-refractivity contribution is 0.0344. The van der Waals surface area contributed by atoms with Crippen LogP contribution in [0.1, 0.15) is 13.8 Å². The van der Waals surface area contributed by atoms with Crippen molar-refractivity contribution in [1.82, 2.24) is 0 Å². The highest BCUT2D eigenvalue weighted by Crippen LogP contribution is 2.32. The molecular weight excluding hydrogens is 287 g/mol. The zero-order valence-electron chi connectivity index (χ0n) is 9.91. The molecule has 0 aliphatic carbocycles. The quantitative estimate of drug-likeness (QED) is 0.811. The molecule has 2 atom stereocenters. The second kappa shape index (κ2) is 4.82. The Hall–Kier alpha value is -0.810. The van der Waals surface area contributed by atoms with Crippen molar-refractivity contribution in [3.8, 4) is 0 Å². The van der Waals surface area contributed by atoms with E-state index in [4.69, 9.17) is 10.5 Å². The van der Waals surface area contributed by atoms with E-state index in [-0.39, 0.29) is 18.0 Å². The Kier molecular flexibility index (Phi) is 3.58. The normalized spacial score (nSPS) is 25.1. The lowest BCUT2D eigenvalue weighted by Gasteiger charge is -2.39. The minimum Gasteiger partial charge on any atom is -0.397 e. The molecule has 5 heteroatoms. The SMILES string of the molecule is CC1CN(c2cc(F)c(Br)cc2N)C(C)CO1. The number of halogens is 2. The van der Waals surface area contributed by atoms with Gasteiger partial charge in [-0.2, -0.15) is 0 Å². The second-order valence-corrected chi connectivity index (χ2v) is 5.32. The fraction of sp³-hybridized carbons (Fsp3) is 0.500. The van der Waals surface area contributed by atoms with Gasteiger partial charge in [0.1, 0.15) is 5.82 Å². The molecule has 0 saturated carbocycles. The van der Waals surface area contributed by atoms with Crippen LogP contribution in [0, 0.1) is 5.82 Å². The van der Waals surface area contributed by atoms with Gasteiger partial charge in [-0.1, -0.05) is 0 Å². The van der Waals surface area contributed by atoms with E-state index in [0.717, 1.165) is 12.2 Å². The minimum absolute atomic E-state index is 0.136. The number of hydrogen-bond donors (Lipinski definition) is 1. The van der Waals surface area contributed by atoms with E-state index in [1.807, 2.05) is 13.8 Å². The van der Waals surface area contributed by atoms with Crippen LogP contribution in [0.15, 0.2) is 16.6 Å². The Bertz CT molecular complexity index is 427. The zero-order chi connectivity index (χ0) is 12.6. The van der Waals surface area contributed by atoms with Gasteiger partial charge in [0, 0.05) is 18.7 Å². The van der Waals surface area contributed by atoms with Gasteiger partial charge in [0.25, 0.3) is 0 Å². The lowest BCUT2D eigenvalue weighted by atomic mass is 10.1. The van der Waals surface area contributed by atoms with Crippen molar-refractivity contribution in [2.45, 2.75) is 26.0 Å². The Morgan fingerprint density at radius 3 is 2.88 bits per heavy atom. The monoisotopic (exact) mass is 302 g/mol. The van der Waals surface area contributed by atoms with Crippen molar-refractivity contribution in [2.75, 3.05) is 23.8 Å². The molecule has 0 aromatic heterocycles. The minimum atomic E-state index is -0.291. The van der Waals surface area contributed by atoms with Gasteiger partial charge in [0.2, 0.25) is 0 Å². The number of benzene rings is 1. The molecule has 1 aromatic rings. The summed E-state index contributed by atoms with van der Waals surface area (Å²) in [6, 6.07) is 3.29. The van der Waals surface area contributed by atoms with Gasteiger partial charge in [-0.05, 0) is 35.8 Å². The summed E-state index contributed by atoms with van der Waals surface area (Å²) < 4.78 is 19.5. The molecular formula is C12H16BrFN2O. The number of morpholine rings is 1. The molecule has 1 heterocycles. The van der Waals surface area contributed by atoms with Crippen molar-refractivity contribution < 1.29 is 9.13 Å². The van der Waals surface area contributed by atoms with Crippen LogP contribution in [0.2, 0.25) is 0 Å². The van der Waals surface area contributed by atoms with E-state index in [9.17, 15) is 4.39 Å². The zero-order valence-corrected chi connectivity index (χ0v) is 11.5. The van der Waals surface area contributed by atoms with E-state index in [2.05, 4.69) is 20.8 Å². The molecule has 2 rings (SSSR count). The summed E-state index contributed by atoms with van der Waals surface area (Å²) in [5, 5.41) is 0. The highest BCUT2D eigenvalue weighted by molar-refractivity contribution is 9.10. The summed E-state index contributed by atoms with van der Waals surface area (Å²) in [6.07, 6.45) is 0.136. The summed E-state index contributed by atoms with van der Waals surface area (Å²) in [5.41, 5.74) is 7.28. The topological polar surface area (TPSA) is 38.5 Å². The summed E-state index contributed by atoms with van der Waals surface area (Å²) in [7, 11) is 0. The largest absolute Gasteiger partial charge is 0.397 e. The first-order valence-corrected chi connectivity index (χ1v) is 6.41. The Morgan fingerprint density at radius 2 is 2.18 bits per heavy atom. The van der Waals surface area contributed by atoms with Gasteiger partial charge in [0.15, 0.2) is 0 Å². The maximum atomic E-state index is 13.6. The third kappa shape index (κ3) is 2.55. The molecule has 1 aliphatic heterocycles. The Labute approximate surface area is 109 Å². The molecule has 1 fully saturated rings. The van der Waals surface area contributed by atoms with Crippen molar-refractivity contribution >= 4 is 27.3 Å². The van der Waals surface area contributed by atoms with Crippen LogP contribution in [0.4, 0.5) is 15.8 Å². The fourth-order valence-electron chi connectivity index (χ4n) is 2.04. The second-order valence-electron chi connectivity index (χ2n) is 4.47. The number of anilines is 2. The molecule has 2 unspecified atom stereocenters. The number of ether oxygens (including phenoxy) is 1. The van der Waals surface area contributed by atoms with Crippen LogP contribution in [-0.2, 0) is 4.74 Å². The summed E-state index contributed by atoms with van der Waals surface area (Å²) >= 11 is 3.13. The Morgan fingerprint density at radius 1 is 1.47 bits per heavy atom. The van der Waals surface area contributed by atoms with Crippen LogP contribution >= 0.6 is 15.9 Å². The van der Waals surface area contributed by atoms with Crippen molar-refractivity contribution in [2.24, 2.45) is 0 Å². The average Bonchev–Trinajstić information content (AvgIpc) is 2.27. The molecule has 1 aliphatic rings. The van der Waals surface area contributed by atoms with E-state index in [0.29, 0.717) is 16.8 Å². The highest BCUT2D eigenvalue weighted by Gasteiger charge is 2.25. The molecule has 0 amide bonds. The molecule has 1 saturated heterocycles. The molecule has 0 spiro atoms. The van der Waals surface area contributed by atoms with Crippen molar-refractivity contribution in [3.05, 3.63) is 22.4 Å². The maximum absolute atomic E-state index is 13.6. The molecule has 17 heavy (non-hydrogen) atoms. The number of nitrogens with two attached hydrogens (primary N) is 1. The van der Waals surface area contributed by atoms with E-state index >= 15 is 0 Å². The molecule has 3 nitrogen and oxygen atoms in total. The predicted molar refractivity (Wildman–Crippen MR) is 70.7 cm³/mol. The van der Waals surface area contributed by atoms with Crippen LogP contribution in [0.3, 0.4) is 0 Å². The van der Waals surface area contributed by atoms with Crippen molar-refractivity contribution in [3.63, 3.8) is 0 Å². The van der Waals surface area contributed by atoms with E-state index in [1.54, 1.807) is 6.07 Å². The number of hydrogen-bond acceptors (Lipinski definition) is 3. The van der Waals surface area contributed by atoms with Gasteiger partial charge in [0.05, 0.1) is 28.6 Å². The lowest BCUT2D eigenvalue weighted by Crippen LogP contribution is -2.47. The first-order chi connectivity index (χ1) is 7.99. The predicted octanol–water partition coefficient (Wildman–Crippen LogP) is 2.78. The number of nitrogen functional groups attached to an aromatic ring is 1. The molecule has 94 valence electrons. The molecule has 2 N–H and O–H groups in total. The first kappa shape index (κ1) is 12.6. The summed E-state index contributed by atoms with van der Waals surface area (Å²) in [4.78, 5) is 2.10. The maximum Gasteiger partial charge on any atom is 0.139 e. The third-order valence-electron chi connectivity index (χ3n) is 2.99. The number of rotatable bonds is 1. The van der Waals surface area contributed by atoms with Gasteiger partial charge in [-0.25, -0.2) is 4.39 Å². The van der Waals surface area contributed by atoms with E-state index in [1.165, 1.54) is 6.07 Å². The molecule has 0 bridgehead atoms. The summed E-state index contributed by atoms with van der Waals surface area (Å²) in [5.74, 6) is -0.291. The van der Waals surface area contributed by atoms with Crippen molar-refractivity contribution in [1.29, 1.82) is 0 Å². The van der Waals surface area contributed by atoms with Gasteiger partial charge >= 0.3 is 0 Å². The highest BCUT2D eigenvalue weighted by atomic mass is 79.9. The van der Waals surface area contributed by atoms with Gasteiger partial charge in [-0.15, -0.1) is 0 Å². The van der Waals surface area contributed by atoms with Crippen LogP contribution in [-0.4, -0.2) is 25.3 Å². The molecule has 0 radical (unpaired) electrons. The smallest absolute Gasteiger partial charge is 0.139 e. The summed E-state index contributed by atoms with van der Waals surface area (Å²) in [6.45, 7) is 5.42. The Balaban J connectivity index is 2.35. The van der Waals surface area contributed by atoms with Crippen LogP contribution in [0.5, 0.6) is 0 Å². The first-order valence-electron chi connectivity index (χ1n) is 5.61. The van der Waals surface area contributed by atoms with Crippen LogP contribution in [0.25, 0.3) is 0 Å². The third-order valence-corrected chi connectivity index (χ3v) is 3.59. The standard InChI is InChI=1S/C12H16BrFN2O/c1-7-6-17-8(2)5-16(7)12-4-10(14)9(13)3-11(12)15/h3-4,7-8H,5-6,15H2,1-2H3.